The summed E-state index contributed by atoms with van der Waals surface area (Å²) in [6.45, 7) is 0. The Balaban J connectivity index is 2.15. The number of ether oxygens (including phenoxy) is 1. The molecule has 0 aliphatic heterocycles. The summed E-state index contributed by atoms with van der Waals surface area (Å²) in [7, 11) is 0. The van der Waals surface area contributed by atoms with Crippen molar-refractivity contribution < 1.29 is 4.74 Å². The van der Waals surface area contributed by atoms with Crippen LogP contribution in [0.25, 0.3) is 0 Å². The van der Waals surface area contributed by atoms with Crippen molar-refractivity contribution in [2.24, 2.45) is 0 Å². The summed E-state index contributed by atoms with van der Waals surface area (Å²) >= 11 is 0. The van der Waals surface area contributed by atoms with Gasteiger partial charge in [-0.15, -0.1) is 5.10 Å². The van der Waals surface area contributed by atoms with E-state index in [1.807, 2.05) is 6.07 Å². The van der Waals surface area contributed by atoms with Gasteiger partial charge >= 0.3 is 0 Å². The van der Waals surface area contributed by atoms with Gasteiger partial charge in [0.1, 0.15) is 5.75 Å². The van der Waals surface area contributed by atoms with Crippen LogP contribution in [0, 0.1) is 11.3 Å². The van der Waals surface area contributed by atoms with Gasteiger partial charge in [0.15, 0.2) is 0 Å². The number of benzene rings is 1. The predicted octanol–water partition coefficient (Wildman–Crippen LogP) is 2.07. The molecular weight excluding hydrogens is 178 g/mol. The van der Waals surface area contributed by atoms with Crippen LogP contribution in [0.1, 0.15) is 5.56 Å². The zero-order valence-corrected chi connectivity index (χ0v) is 7.27. The number of nitrogens with one attached hydrogen (secondary N) is 1. The summed E-state index contributed by atoms with van der Waals surface area (Å²) in [5.74, 6) is 1.17. The third-order valence-corrected chi connectivity index (χ3v) is 1.68. The molecular formula is C10H7N3O. The Hall–Kier alpha value is -2.28. The maximum absolute atomic E-state index is 8.58. The largest absolute Gasteiger partial charge is 0.438 e. The lowest BCUT2D eigenvalue weighted by molar-refractivity contribution is 0.461. The molecule has 0 unspecified atom stereocenters. The Morgan fingerprint density at radius 3 is 2.57 bits per heavy atom. The van der Waals surface area contributed by atoms with E-state index in [-0.39, 0.29) is 0 Å². The molecule has 4 nitrogen and oxygen atoms in total. The molecule has 0 atom stereocenters. The van der Waals surface area contributed by atoms with Gasteiger partial charge < -0.3 is 4.74 Å². The molecule has 0 saturated carbocycles. The fourth-order valence-corrected chi connectivity index (χ4v) is 1.02. The van der Waals surface area contributed by atoms with Gasteiger partial charge in [0.05, 0.1) is 11.6 Å². The summed E-state index contributed by atoms with van der Waals surface area (Å²) in [6, 6.07) is 10.6. The number of aromatic nitrogens is 2. The lowest BCUT2D eigenvalue weighted by Gasteiger charge is -2.00. The van der Waals surface area contributed by atoms with Crippen molar-refractivity contribution in [2.45, 2.75) is 0 Å². The average molecular weight is 185 g/mol. The van der Waals surface area contributed by atoms with E-state index in [9.17, 15) is 0 Å². The number of rotatable bonds is 2. The van der Waals surface area contributed by atoms with Gasteiger partial charge in [0, 0.05) is 12.3 Å². The van der Waals surface area contributed by atoms with Crippen LogP contribution >= 0.6 is 0 Å². The van der Waals surface area contributed by atoms with E-state index in [1.54, 1.807) is 36.5 Å². The minimum absolute atomic E-state index is 0.509. The second-order valence-corrected chi connectivity index (χ2v) is 2.65. The van der Waals surface area contributed by atoms with E-state index in [2.05, 4.69) is 10.2 Å². The Bertz CT molecular complexity index is 439. The second kappa shape index (κ2) is 3.62. The van der Waals surface area contributed by atoms with Crippen molar-refractivity contribution >= 4 is 0 Å². The van der Waals surface area contributed by atoms with Gasteiger partial charge in [-0.1, -0.05) is 0 Å². The van der Waals surface area contributed by atoms with Crippen LogP contribution in [-0.4, -0.2) is 10.2 Å². The number of hydrogen-bond donors (Lipinski definition) is 1. The van der Waals surface area contributed by atoms with Crippen LogP contribution in [0.2, 0.25) is 0 Å². The molecule has 0 bridgehead atoms. The highest BCUT2D eigenvalue weighted by atomic mass is 16.5. The van der Waals surface area contributed by atoms with E-state index in [4.69, 9.17) is 10.00 Å². The first kappa shape index (κ1) is 8.32. The summed E-state index contributed by atoms with van der Waals surface area (Å²) < 4.78 is 5.37. The fraction of sp³-hybridized carbons (Fsp3) is 0. The van der Waals surface area contributed by atoms with Crippen molar-refractivity contribution in [3.63, 3.8) is 0 Å². The molecule has 0 aliphatic carbocycles. The van der Waals surface area contributed by atoms with Crippen LogP contribution in [0.15, 0.2) is 36.5 Å². The summed E-state index contributed by atoms with van der Waals surface area (Å²) in [4.78, 5) is 0. The van der Waals surface area contributed by atoms with Crippen LogP contribution in [0.5, 0.6) is 11.6 Å². The summed E-state index contributed by atoms with van der Waals surface area (Å²) in [5.41, 5.74) is 0.611. The van der Waals surface area contributed by atoms with Gasteiger partial charge in [-0.2, -0.15) is 5.26 Å². The molecule has 0 aliphatic rings. The lowest BCUT2D eigenvalue weighted by Crippen LogP contribution is -1.84. The first-order valence-electron chi connectivity index (χ1n) is 4.06. The first-order valence-corrected chi connectivity index (χ1v) is 4.06. The van der Waals surface area contributed by atoms with Gasteiger partial charge in [0.2, 0.25) is 5.88 Å². The van der Waals surface area contributed by atoms with Crippen molar-refractivity contribution in [1.82, 2.24) is 10.2 Å². The van der Waals surface area contributed by atoms with E-state index in [0.717, 1.165) is 0 Å². The van der Waals surface area contributed by atoms with Crippen LogP contribution < -0.4 is 4.74 Å². The molecule has 14 heavy (non-hydrogen) atoms. The van der Waals surface area contributed by atoms with Crippen molar-refractivity contribution in [3.8, 4) is 17.7 Å². The molecule has 1 heterocycles. The SMILES string of the molecule is N#Cc1ccc(Oc2cc[nH]n2)cc1. The Morgan fingerprint density at radius 2 is 2.00 bits per heavy atom. The lowest BCUT2D eigenvalue weighted by atomic mass is 10.2. The van der Waals surface area contributed by atoms with Gasteiger partial charge in [-0.05, 0) is 24.3 Å². The van der Waals surface area contributed by atoms with Crippen molar-refractivity contribution in [1.29, 1.82) is 5.26 Å². The van der Waals surface area contributed by atoms with E-state index < -0.39 is 0 Å². The number of H-pyrrole nitrogens is 1. The summed E-state index contributed by atoms with van der Waals surface area (Å²) in [6.07, 6.45) is 1.68. The quantitative estimate of drug-likeness (QED) is 0.779. The fourth-order valence-electron chi connectivity index (χ4n) is 1.02. The smallest absolute Gasteiger partial charge is 0.237 e. The Kier molecular flexibility index (Phi) is 2.15. The van der Waals surface area contributed by atoms with Crippen molar-refractivity contribution in [3.05, 3.63) is 42.1 Å². The molecule has 1 N–H and O–H groups in total. The molecule has 0 spiro atoms. The normalized spacial score (nSPS) is 9.36. The molecule has 0 saturated heterocycles. The number of aromatic amines is 1. The molecule has 0 fully saturated rings. The standard InChI is InChI=1S/C10H7N3O/c11-7-8-1-3-9(4-2-8)14-10-5-6-12-13-10/h1-6H,(H,12,13). The second-order valence-electron chi connectivity index (χ2n) is 2.65. The van der Waals surface area contributed by atoms with Gasteiger partial charge in [-0.25, -0.2) is 0 Å². The topological polar surface area (TPSA) is 61.7 Å². The molecule has 2 rings (SSSR count). The molecule has 1 aromatic carbocycles. The molecule has 0 amide bonds. The molecule has 68 valence electrons. The van der Waals surface area contributed by atoms with Crippen LogP contribution in [0.4, 0.5) is 0 Å². The number of nitrogens with zero attached hydrogens (tertiary/aromatic N) is 2. The Morgan fingerprint density at radius 1 is 1.21 bits per heavy atom. The highest BCUT2D eigenvalue weighted by Crippen LogP contribution is 2.18. The van der Waals surface area contributed by atoms with Crippen LogP contribution in [0.3, 0.4) is 0 Å². The number of hydrogen-bond acceptors (Lipinski definition) is 3. The molecule has 1 aromatic heterocycles. The maximum Gasteiger partial charge on any atom is 0.237 e. The first-order chi connectivity index (χ1) is 6.88. The third kappa shape index (κ3) is 1.72. The van der Waals surface area contributed by atoms with Crippen LogP contribution in [-0.2, 0) is 0 Å². The predicted molar refractivity (Wildman–Crippen MR) is 49.8 cm³/mol. The van der Waals surface area contributed by atoms with E-state index >= 15 is 0 Å². The maximum atomic E-state index is 8.58. The molecule has 2 aromatic rings. The van der Waals surface area contributed by atoms with E-state index in [1.165, 1.54) is 0 Å². The molecule has 4 heteroatoms. The Labute approximate surface area is 80.8 Å². The highest BCUT2D eigenvalue weighted by Gasteiger charge is 1.97. The van der Waals surface area contributed by atoms with Gasteiger partial charge in [0.25, 0.3) is 0 Å². The minimum atomic E-state index is 0.509. The molecule has 0 radical (unpaired) electrons. The highest BCUT2D eigenvalue weighted by molar-refractivity contribution is 5.35. The summed E-state index contributed by atoms with van der Waals surface area (Å²) in [5, 5.41) is 15.1. The minimum Gasteiger partial charge on any atom is -0.438 e. The zero-order chi connectivity index (χ0) is 9.80. The zero-order valence-electron chi connectivity index (χ0n) is 7.27. The van der Waals surface area contributed by atoms with E-state index in [0.29, 0.717) is 17.2 Å². The third-order valence-electron chi connectivity index (χ3n) is 1.68. The van der Waals surface area contributed by atoms with Crippen molar-refractivity contribution in [2.75, 3.05) is 0 Å². The monoisotopic (exact) mass is 185 g/mol. The van der Waals surface area contributed by atoms with Gasteiger partial charge in [-0.3, -0.25) is 5.10 Å². The number of nitriles is 1. The average Bonchev–Trinajstić information content (AvgIpc) is 2.72.